The SMILES string of the molecule is CCC1(COC(O)C2CC3CCC2C3)COC1. The van der Waals surface area contributed by atoms with Gasteiger partial charge in [-0.2, -0.15) is 0 Å². The zero-order valence-corrected chi connectivity index (χ0v) is 10.7. The van der Waals surface area contributed by atoms with Crippen molar-refractivity contribution in [2.24, 2.45) is 23.2 Å². The highest BCUT2D eigenvalue weighted by Crippen LogP contribution is 2.49. The van der Waals surface area contributed by atoms with Gasteiger partial charge in [0.15, 0.2) is 6.29 Å². The van der Waals surface area contributed by atoms with Crippen LogP contribution in [-0.2, 0) is 9.47 Å². The minimum Gasteiger partial charge on any atom is -0.380 e. The molecule has 4 atom stereocenters. The summed E-state index contributed by atoms with van der Waals surface area (Å²) in [5.74, 6) is 2.00. The molecule has 0 radical (unpaired) electrons. The van der Waals surface area contributed by atoms with Crippen LogP contribution in [0.25, 0.3) is 0 Å². The van der Waals surface area contributed by atoms with Crippen molar-refractivity contribution < 1.29 is 14.6 Å². The molecule has 0 aromatic heterocycles. The second kappa shape index (κ2) is 4.52. The van der Waals surface area contributed by atoms with E-state index in [0.29, 0.717) is 12.5 Å². The molecule has 0 amide bonds. The maximum absolute atomic E-state index is 10.2. The van der Waals surface area contributed by atoms with E-state index in [0.717, 1.165) is 31.5 Å². The lowest BCUT2D eigenvalue weighted by molar-refractivity contribution is -0.211. The van der Waals surface area contributed by atoms with Crippen molar-refractivity contribution in [1.82, 2.24) is 0 Å². The summed E-state index contributed by atoms with van der Waals surface area (Å²) >= 11 is 0. The van der Waals surface area contributed by atoms with E-state index < -0.39 is 6.29 Å². The van der Waals surface area contributed by atoms with E-state index in [4.69, 9.17) is 9.47 Å². The van der Waals surface area contributed by atoms with E-state index in [1.54, 1.807) is 0 Å². The van der Waals surface area contributed by atoms with Crippen LogP contribution < -0.4 is 0 Å². The summed E-state index contributed by atoms with van der Waals surface area (Å²) in [4.78, 5) is 0. The highest BCUT2D eigenvalue weighted by molar-refractivity contribution is 4.91. The van der Waals surface area contributed by atoms with Gasteiger partial charge in [-0.25, -0.2) is 0 Å². The molecule has 1 aliphatic heterocycles. The molecule has 1 heterocycles. The molecule has 17 heavy (non-hydrogen) atoms. The summed E-state index contributed by atoms with van der Waals surface area (Å²) in [5, 5.41) is 10.2. The quantitative estimate of drug-likeness (QED) is 0.749. The molecule has 3 rings (SSSR count). The van der Waals surface area contributed by atoms with Crippen molar-refractivity contribution in [2.75, 3.05) is 19.8 Å². The maximum Gasteiger partial charge on any atom is 0.157 e. The summed E-state index contributed by atoms with van der Waals surface area (Å²) in [6.07, 6.45) is 5.73. The van der Waals surface area contributed by atoms with Crippen molar-refractivity contribution >= 4 is 0 Å². The van der Waals surface area contributed by atoms with Crippen LogP contribution in [0.1, 0.15) is 39.0 Å². The van der Waals surface area contributed by atoms with Gasteiger partial charge in [0.2, 0.25) is 0 Å². The maximum atomic E-state index is 10.2. The van der Waals surface area contributed by atoms with E-state index in [-0.39, 0.29) is 5.41 Å². The summed E-state index contributed by atoms with van der Waals surface area (Å²) in [5.41, 5.74) is 0.193. The van der Waals surface area contributed by atoms with Gasteiger partial charge in [-0.3, -0.25) is 0 Å². The molecule has 3 nitrogen and oxygen atoms in total. The van der Waals surface area contributed by atoms with E-state index >= 15 is 0 Å². The Morgan fingerprint density at radius 2 is 2.18 bits per heavy atom. The fourth-order valence-electron chi connectivity index (χ4n) is 3.81. The van der Waals surface area contributed by atoms with Crippen LogP contribution in [0.5, 0.6) is 0 Å². The predicted octanol–water partition coefficient (Wildman–Crippen LogP) is 2.18. The largest absolute Gasteiger partial charge is 0.380 e. The van der Waals surface area contributed by atoms with Gasteiger partial charge in [0, 0.05) is 11.3 Å². The highest BCUT2D eigenvalue weighted by atomic mass is 16.6. The zero-order valence-electron chi connectivity index (χ0n) is 10.7. The number of rotatable bonds is 5. The normalized spacial score (nSPS) is 40.2. The van der Waals surface area contributed by atoms with E-state index in [1.165, 1.54) is 25.7 Å². The Labute approximate surface area is 103 Å². The smallest absolute Gasteiger partial charge is 0.157 e. The van der Waals surface area contributed by atoms with Gasteiger partial charge in [0.25, 0.3) is 0 Å². The first kappa shape index (κ1) is 11.9. The Morgan fingerprint density at radius 3 is 2.65 bits per heavy atom. The van der Waals surface area contributed by atoms with Crippen LogP contribution in [-0.4, -0.2) is 31.2 Å². The fraction of sp³-hybridized carbons (Fsp3) is 1.00. The van der Waals surface area contributed by atoms with Gasteiger partial charge in [-0.05, 0) is 37.5 Å². The van der Waals surface area contributed by atoms with Gasteiger partial charge >= 0.3 is 0 Å². The standard InChI is InChI=1S/C14H24O3/c1-2-14(7-16-8-14)9-17-13(15)12-6-10-3-4-11(12)5-10/h10-13,15H,2-9H2,1H3. The first-order chi connectivity index (χ1) is 8.22. The van der Waals surface area contributed by atoms with Gasteiger partial charge < -0.3 is 14.6 Å². The predicted molar refractivity (Wildman–Crippen MR) is 64.4 cm³/mol. The van der Waals surface area contributed by atoms with Crippen LogP contribution in [0.2, 0.25) is 0 Å². The number of ether oxygens (including phenoxy) is 2. The average molecular weight is 240 g/mol. The van der Waals surface area contributed by atoms with Crippen molar-refractivity contribution in [3.05, 3.63) is 0 Å². The third-order valence-corrected chi connectivity index (χ3v) is 5.29. The number of fused-ring (bicyclic) bond motifs is 2. The summed E-state index contributed by atoms with van der Waals surface area (Å²) in [7, 11) is 0. The monoisotopic (exact) mass is 240 g/mol. The van der Waals surface area contributed by atoms with Gasteiger partial charge in [-0.1, -0.05) is 13.3 Å². The topological polar surface area (TPSA) is 38.7 Å². The van der Waals surface area contributed by atoms with Crippen LogP contribution in [0.3, 0.4) is 0 Å². The molecule has 3 fully saturated rings. The minimum atomic E-state index is -0.533. The van der Waals surface area contributed by atoms with Gasteiger partial charge in [0.1, 0.15) is 0 Å². The second-order valence-electron chi connectivity index (χ2n) is 6.39. The molecule has 2 bridgehead atoms. The lowest BCUT2D eigenvalue weighted by atomic mass is 9.84. The minimum absolute atomic E-state index is 0.193. The molecular weight excluding hydrogens is 216 g/mol. The summed E-state index contributed by atoms with van der Waals surface area (Å²) in [6.45, 7) is 4.44. The zero-order chi connectivity index (χ0) is 11.9. The number of aliphatic hydroxyl groups excluding tert-OH is 1. The molecule has 0 aromatic rings. The molecule has 2 aliphatic carbocycles. The molecule has 1 N–H and O–H groups in total. The van der Waals surface area contributed by atoms with Crippen molar-refractivity contribution in [3.63, 3.8) is 0 Å². The van der Waals surface area contributed by atoms with Gasteiger partial charge in [0.05, 0.1) is 19.8 Å². The lowest BCUT2D eigenvalue weighted by Gasteiger charge is -2.41. The Balaban J connectivity index is 1.48. The Kier molecular flexibility index (Phi) is 3.18. The fourth-order valence-corrected chi connectivity index (χ4v) is 3.81. The molecule has 98 valence electrons. The third kappa shape index (κ3) is 2.13. The van der Waals surface area contributed by atoms with Crippen LogP contribution in [0.15, 0.2) is 0 Å². The molecule has 1 saturated heterocycles. The van der Waals surface area contributed by atoms with E-state index in [1.807, 2.05) is 0 Å². The average Bonchev–Trinajstić information content (AvgIpc) is 2.89. The summed E-state index contributed by atoms with van der Waals surface area (Å²) in [6, 6.07) is 0. The lowest BCUT2D eigenvalue weighted by Crippen LogP contribution is -2.47. The van der Waals surface area contributed by atoms with Crippen LogP contribution >= 0.6 is 0 Å². The van der Waals surface area contributed by atoms with E-state index in [9.17, 15) is 5.11 Å². The molecular formula is C14H24O3. The molecule has 2 saturated carbocycles. The molecule has 4 unspecified atom stereocenters. The second-order valence-corrected chi connectivity index (χ2v) is 6.39. The van der Waals surface area contributed by atoms with Crippen LogP contribution in [0.4, 0.5) is 0 Å². The first-order valence-corrected chi connectivity index (χ1v) is 7.10. The first-order valence-electron chi connectivity index (χ1n) is 7.10. The number of hydrogen-bond donors (Lipinski definition) is 1. The molecule has 0 spiro atoms. The Hall–Kier alpha value is -0.120. The molecule has 0 aromatic carbocycles. The number of aliphatic hydroxyl groups is 1. The van der Waals surface area contributed by atoms with Gasteiger partial charge in [-0.15, -0.1) is 0 Å². The van der Waals surface area contributed by atoms with Crippen molar-refractivity contribution in [1.29, 1.82) is 0 Å². The van der Waals surface area contributed by atoms with Crippen LogP contribution in [0, 0.1) is 23.2 Å². The Morgan fingerprint density at radius 1 is 1.35 bits per heavy atom. The third-order valence-electron chi connectivity index (χ3n) is 5.29. The molecule has 3 heteroatoms. The summed E-state index contributed by atoms with van der Waals surface area (Å²) < 4.78 is 11.0. The molecule has 3 aliphatic rings. The highest BCUT2D eigenvalue weighted by Gasteiger charge is 2.44. The van der Waals surface area contributed by atoms with E-state index in [2.05, 4.69) is 6.92 Å². The number of hydrogen-bond acceptors (Lipinski definition) is 3. The Bertz CT molecular complexity index is 269. The van der Waals surface area contributed by atoms with Crippen molar-refractivity contribution in [3.8, 4) is 0 Å². The van der Waals surface area contributed by atoms with Crippen molar-refractivity contribution in [2.45, 2.75) is 45.3 Å².